The number of ether oxygens (including phenoxy) is 2. The largest absolute Gasteiger partial charge is 0.489 e. The van der Waals surface area contributed by atoms with Gasteiger partial charge in [-0.25, -0.2) is 0 Å². The summed E-state index contributed by atoms with van der Waals surface area (Å²) >= 11 is 0. The van der Waals surface area contributed by atoms with E-state index >= 15 is 0 Å². The number of hydrogen-bond donors (Lipinski definition) is 1. The Morgan fingerprint density at radius 1 is 1.28 bits per heavy atom. The fourth-order valence-corrected chi connectivity index (χ4v) is 1.72. The highest BCUT2D eigenvalue weighted by atomic mass is 16.5. The van der Waals surface area contributed by atoms with E-state index in [0.717, 1.165) is 24.5 Å². The van der Waals surface area contributed by atoms with Gasteiger partial charge in [-0.1, -0.05) is 6.92 Å². The van der Waals surface area contributed by atoms with E-state index in [9.17, 15) is 0 Å². The van der Waals surface area contributed by atoms with Crippen LogP contribution in [0.25, 0.3) is 0 Å². The van der Waals surface area contributed by atoms with Crippen LogP contribution in [0.3, 0.4) is 0 Å². The smallest absolute Gasteiger partial charge is 0.138 e. The van der Waals surface area contributed by atoms with Crippen molar-refractivity contribution in [3.63, 3.8) is 0 Å². The maximum atomic E-state index is 5.66. The average molecular weight is 252 g/mol. The Bertz CT molecular complexity index is 342. The molecule has 0 saturated carbocycles. The summed E-state index contributed by atoms with van der Waals surface area (Å²) in [4.78, 5) is 4.23. The van der Waals surface area contributed by atoms with E-state index in [-0.39, 0.29) is 12.1 Å². The van der Waals surface area contributed by atoms with Crippen molar-refractivity contribution in [3.8, 4) is 5.75 Å². The first kappa shape index (κ1) is 14.9. The summed E-state index contributed by atoms with van der Waals surface area (Å²) in [7, 11) is 0. The molecule has 1 N–H and O–H groups in total. The standard InChI is InChI=1S/C14H24N2O2/c1-5-16-14(10-17-6-2)12-7-13(9-15-8-12)18-11(3)4/h7-9,11,14,16H,5-6,10H2,1-4H3. The van der Waals surface area contributed by atoms with Crippen LogP contribution in [0.1, 0.15) is 39.3 Å². The zero-order chi connectivity index (χ0) is 13.4. The monoisotopic (exact) mass is 252 g/mol. The SMILES string of the molecule is CCNC(COCC)c1cncc(OC(C)C)c1. The highest BCUT2D eigenvalue weighted by Gasteiger charge is 2.12. The van der Waals surface area contributed by atoms with Gasteiger partial charge in [0.1, 0.15) is 5.75 Å². The molecule has 1 atom stereocenters. The summed E-state index contributed by atoms with van der Waals surface area (Å²) in [5.41, 5.74) is 1.10. The molecule has 1 rings (SSSR count). The molecule has 0 aliphatic heterocycles. The highest BCUT2D eigenvalue weighted by molar-refractivity contribution is 5.26. The van der Waals surface area contributed by atoms with E-state index in [4.69, 9.17) is 9.47 Å². The molecule has 102 valence electrons. The van der Waals surface area contributed by atoms with Crippen molar-refractivity contribution in [1.29, 1.82) is 0 Å². The van der Waals surface area contributed by atoms with E-state index < -0.39 is 0 Å². The summed E-state index contributed by atoms with van der Waals surface area (Å²) in [5, 5.41) is 3.39. The summed E-state index contributed by atoms with van der Waals surface area (Å²) in [6, 6.07) is 2.19. The van der Waals surface area contributed by atoms with Gasteiger partial charge in [0.2, 0.25) is 0 Å². The van der Waals surface area contributed by atoms with Gasteiger partial charge >= 0.3 is 0 Å². The maximum Gasteiger partial charge on any atom is 0.138 e. The Morgan fingerprint density at radius 3 is 2.67 bits per heavy atom. The minimum atomic E-state index is 0.159. The van der Waals surface area contributed by atoms with Gasteiger partial charge < -0.3 is 14.8 Å². The van der Waals surface area contributed by atoms with Gasteiger partial charge in [0.05, 0.1) is 24.9 Å². The molecule has 4 nitrogen and oxygen atoms in total. The molecular formula is C14H24N2O2. The quantitative estimate of drug-likeness (QED) is 0.772. The van der Waals surface area contributed by atoms with Crippen molar-refractivity contribution in [2.24, 2.45) is 0 Å². The number of pyridine rings is 1. The van der Waals surface area contributed by atoms with Crippen LogP contribution in [-0.2, 0) is 4.74 Å². The first-order valence-electron chi connectivity index (χ1n) is 6.60. The summed E-state index contributed by atoms with van der Waals surface area (Å²) in [5.74, 6) is 0.807. The van der Waals surface area contributed by atoms with Gasteiger partial charge in [0.15, 0.2) is 0 Å². The zero-order valence-corrected chi connectivity index (χ0v) is 11.8. The average Bonchev–Trinajstić information content (AvgIpc) is 2.34. The van der Waals surface area contributed by atoms with Gasteiger partial charge in [-0.05, 0) is 38.9 Å². The topological polar surface area (TPSA) is 43.4 Å². The zero-order valence-electron chi connectivity index (χ0n) is 11.8. The van der Waals surface area contributed by atoms with Crippen molar-refractivity contribution >= 4 is 0 Å². The Morgan fingerprint density at radius 2 is 2.06 bits per heavy atom. The van der Waals surface area contributed by atoms with Gasteiger partial charge in [0.25, 0.3) is 0 Å². The van der Waals surface area contributed by atoms with E-state index in [0.29, 0.717) is 6.61 Å². The maximum absolute atomic E-state index is 5.66. The van der Waals surface area contributed by atoms with Crippen LogP contribution >= 0.6 is 0 Å². The fraction of sp³-hybridized carbons (Fsp3) is 0.643. The molecule has 0 aliphatic rings. The number of nitrogens with zero attached hydrogens (tertiary/aromatic N) is 1. The number of nitrogens with one attached hydrogen (secondary N) is 1. The lowest BCUT2D eigenvalue weighted by Crippen LogP contribution is -2.25. The van der Waals surface area contributed by atoms with Gasteiger partial charge in [0, 0.05) is 12.8 Å². The van der Waals surface area contributed by atoms with Gasteiger partial charge in [-0.3, -0.25) is 4.98 Å². The first-order chi connectivity index (χ1) is 8.67. The van der Waals surface area contributed by atoms with Crippen LogP contribution in [0, 0.1) is 0 Å². The van der Waals surface area contributed by atoms with Crippen molar-refractivity contribution in [2.75, 3.05) is 19.8 Å². The van der Waals surface area contributed by atoms with Crippen molar-refractivity contribution in [3.05, 3.63) is 24.0 Å². The van der Waals surface area contributed by atoms with Crippen LogP contribution in [0.2, 0.25) is 0 Å². The van der Waals surface area contributed by atoms with Crippen LogP contribution < -0.4 is 10.1 Å². The van der Waals surface area contributed by atoms with Crippen molar-refractivity contribution < 1.29 is 9.47 Å². The molecule has 0 fully saturated rings. The molecular weight excluding hydrogens is 228 g/mol. The molecule has 1 aromatic rings. The van der Waals surface area contributed by atoms with Crippen molar-refractivity contribution in [1.82, 2.24) is 10.3 Å². The summed E-state index contributed by atoms with van der Waals surface area (Å²) in [6.07, 6.45) is 3.76. The van der Waals surface area contributed by atoms with Gasteiger partial charge in [-0.2, -0.15) is 0 Å². The van der Waals surface area contributed by atoms with Crippen LogP contribution in [0.4, 0.5) is 0 Å². The Balaban J connectivity index is 2.76. The van der Waals surface area contributed by atoms with E-state index in [1.54, 1.807) is 6.20 Å². The molecule has 0 saturated heterocycles. The second kappa shape index (κ2) is 8.06. The number of aromatic nitrogens is 1. The third-order valence-electron chi connectivity index (χ3n) is 2.45. The normalized spacial score (nSPS) is 12.7. The van der Waals surface area contributed by atoms with Crippen LogP contribution in [0.5, 0.6) is 5.75 Å². The molecule has 0 radical (unpaired) electrons. The van der Waals surface area contributed by atoms with Crippen molar-refractivity contribution in [2.45, 2.75) is 39.8 Å². The predicted molar refractivity (Wildman–Crippen MR) is 72.9 cm³/mol. The lowest BCUT2D eigenvalue weighted by Gasteiger charge is -2.19. The lowest BCUT2D eigenvalue weighted by atomic mass is 10.1. The third-order valence-corrected chi connectivity index (χ3v) is 2.45. The summed E-state index contributed by atoms with van der Waals surface area (Å²) < 4.78 is 11.1. The Kier molecular flexibility index (Phi) is 6.68. The van der Waals surface area contributed by atoms with Gasteiger partial charge in [-0.15, -0.1) is 0 Å². The molecule has 4 heteroatoms. The predicted octanol–water partition coefficient (Wildman–Crippen LogP) is 2.56. The van der Waals surface area contributed by atoms with Crippen LogP contribution in [0.15, 0.2) is 18.5 Å². The second-order valence-corrected chi connectivity index (χ2v) is 4.39. The Labute approximate surface area is 110 Å². The highest BCUT2D eigenvalue weighted by Crippen LogP contribution is 2.19. The molecule has 18 heavy (non-hydrogen) atoms. The second-order valence-electron chi connectivity index (χ2n) is 4.39. The molecule has 1 heterocycles. The van der Waals surface area contributed by atoms with E-state index in [1.807, 2.05) is 33.0 Å². The number of hydrogen-bond acceptors (Lipinski definition) is 4. The minimum Gasteiger partial charge on any atom is -0.489 e. The molecule has 0 spiro atoms. The molecule has 0 aromatic carbocycles. The minimum absolute atomic E-state index is 0.159. The van der Waals surface area contributed by atoms with E-state index in [1.165, 1.54) is 0 Å². The fourth-order valence-electron chi connectivity index (χ4n) is 1.72. The molecule has 0 aliphatic carbocycles. The molecule has 0 bridgehead atoms. The van der Waals surface area contributed by atoms with E-state index in [2.05, 4.69) is 17.2 Å². The first-order valence-corrected chi connectivity index (χ1v) is 6.60. The summed E-state index contributed by atoms with van der Waals surface area (Å²) in [6.45, 7) is 10.4. The number of rotatable bonds is 8. The molecule has 1 unspecified atom stereocenters. The Hall–Kier alpha value is -1.13. The molecule has 0 amide bonds. The third kappa shape index (κ3) is 5.02. The molecule has 1 aromatic heterocycles. The van der Waals surface area contributed by atoms with Crippen LogP contribution in [-0.4, -0.2) is 30.8 Å². The lowest BCUT2D eigenvalue weighted by molar-refractivity contribution is 0.123. The number of likely N-dealkylation sites (N-methyl/N-ethyl adjacent to an activating group) is 1.